The first-order valence-corrected chi connectivity index (χ1v) is 7.39. The Hall–Kier alpha value is -0.610. The minimum absolute atomic E-state index is 0.0109. The first-order chi connectivity index (χ1) is 8.63. The molecule has 0 aromatic heterocycles. The van der Waals surface area contributed by atoms with E-state index in [0.717, 1.165) is 32.4 Å². The summed E-state index contributed by atoms with van der Waals surface area (Å²) in [7, 11) is 0. The van der Waals surface area contributed by atoms with Gasteiger partial charge in [-0.2, -0.15) is 0 Å². The maximum Gasteiger partial charge on any atom is 0.236 e. The second-order valence-corrected chi connectivity index (χ2v) is 5.61. The predicted octanol–water partition coefficient (Wildman–Crippen LogP) is 1.35. The average molecular weight is 255 g/mol. The number of nitrogens with two attached hydrogens (primary N) is 1. The van der Waals surface area contributed by atoms with E-state index in [1.54, 1.807) is 0 Å². The standard InChI is InChI=1S/C14H29N3O/c1-3-4-7-13(15)14(18)16-10-12(2)11-17-8-5-6-9-17/h12-13H,3-11,15H2,1-2H3,(H,16,18). The van der Waals surface area contributed by atoms with Gasteiger partial charge in [-0.25, -0.2) is 0 Å². The highest BCUT2D eigenvalue weighted by atomic mass is 16.2. The van der Waals surface area contributed by atoms with Crippen molar-refractivity contribution in [2.45, 2.75) is 52.0 Å². The molecule has 1 rings (SSSR count). The molecule has 18 heavy (non-hydrogen) atoms. The van der Waals surface area contributed by atoms with E-state index in [1.165, 1.54) is 25.9 Å². The van der Waals surface area contributed by atoms with Gasteiger partial charge in [-0.15, -0.1) is 0 Å². The SMILES string of the molecule is CCCCC(N)C(=O)NCC(C)CN1CCCC1. The Bertz CT molecular complexity index is 239. The number of amides is 1. The number of rotatable bonds is 8. The highest BCUT2D eigenvalue weighted by Gasteiger charge is 2.16. The van der Waals surface area contributed by atoms with Crippen LogP contribution in [0.5, 0.6) is 0 Å². The van der Waals surface area contributed by atoms with Crippen LogP contribution in [0.3, 0.4) is 0 Å². The van der Waals surface area contributed by atoms with E-state index < -0.39 is 0 Å². The first kappa shape index (κ1) is 15.4. The molecule has 3 N–H and O–H groups in total. The lowest BCUT2D eigenvalue weighted by Crippen LogP contribution is -2.43. The topological polar surface area (TPSA) is 58.4 Å². The van der Waals surface area contributed by atoms with Gasteiger partial charge >= 0.3 is 0 Å². The molecule has 0 radical (unpaired) electrons. The molecule has 1 saturated heterocycles. The van der Waals surface area contributed by atoms with E-state index in [4.69, 9.17) is 5.73 Å². The Morgan fingerprint density at radius 3 is 2.67 bits per heavy atom. The van der Waals surface area contributed by atoms with Crippen LogP contribution in [0, 0.1) is 5.92 Å². The van der Waals surface area contributed by atoms with Gasteiger partial charge in [-0.05, 0) is 38.3 Å². The predicted molar refractivity (Wildman–Crippen MR) is 75.3 cm³/mol. The van der Waals surface area contributed by atoms with Gasteiger partial charge in [0.2, 0.25) is 5.91 Å². The third-order valence-electron chi connectivity index (χ3n) is 3.60. The molecule has 2 atom stereocenters. The fourth-order valence-electron chi connectivity index (χ4n) is 2.43. The van der Waals surface area contributed by atoms with Crippen LogP contribution in [-0.2, 0) is 4.79 Å². The van der Waals surface area contributed by atoms with Crippen molar-refractivity contribution >= 4 is 5.91 Å². The average Bonchev–Trinajstić information content (AvgIpc) is 2.85. The lowest BCUT2D eigenvalue weighted by atomic mass is 10.1. The monoisotopic (exact) mass is 255 g/mol. The second-order valence-electron chi connectivity index (χ2n) is 5.61. The molecule has 0 spiro atoms. The quantitative estimate of drug-likeness (QED) is 0.688. The van der Waals surface area contributed by atoms with Gasteiger partial charge in [0.15, 0.2) is 0 Å². The van der Waals surface area contributed by atoms with E-state index in [2.05, 4.69) is 24.1 Å². The van der Waals surface area contributed by atoms with E-state index in [1.807, 2.05) is 0 Å². The zero-order valence-electron chi connectivity index (χ0n) is 12.0. The molecule has 1 aliphatic heterocycles. The minimum atomic E-state index is -0.330. The molecule has 0 aromatic rings. The molecule has 0 aliphatic carbocycles. The number of carbonyl (C=O) groups is 1. The van der Waals surface area contributed by atoms with Gasteiger partial charge in [0.1, 0.15) is 0 Å². The maximum absolute atomic E-state index is 11.7. The summed E-state index contributed by atoms with van der Waals surface area (Å²) in [5, 5.41) is 2.97. The summed E-state index contributed by atoms with van der Waals surface area (Å²) in [5.74, 6) is 0.516. The third kappa shape index (κ3) is 5.83. The summed E-state index contributed by atoms with van der Waals surface area (Å²) < 4.78 is 0. The van der Waals surface area contributed by atoms with Gasteiger partial charge in [0, 0.05) is 13.1 Å². The number of unbranched alkanes of at least 4 members (excludes halogenated alkanes) is 1. The van der Waals surface area contributed by atoms with Gasteiger partial charge in [-0.1, -0.05) is 26.7 Å². The highest BCUT2D eigenvalue weighted by Crippen LogP contribution is 2.09. The highest BCUT2D eigenvalue weighted by molar-refractivity contribution is 5.81. The molecule has 0 saturated carbocycles. The molecule has 4 heteroatoms. The molecule has 1 fully saturated rings. The minimum Gasteiger partial charge on any atom is -0.354 e. The number of hydrogen-bond acceptors (Lipinski definition) is 3. The normalized spacial score (nSPS) is 19.7. The smallest absolute Gasteiger partial charge is 0.236 e. The fraction of sp³-hybridized carbons (Fsp3) is 0.929. The second kappa shape index (κ2) is 8.48. The number of carbonyl (C=O) groups excluding carboxylic acids is 1. The summed E-state index contributed by atoms with van der Waals surface area (Å²) in [6.45, 7) is 8.57. The van der Waals surface area contributed by atoms with Crippen molar-refractivity contribution in [3.8, 4) is 0 Å². The molecule has 1 amide bonds. The largest absolute Gasteiger partial charge is 0.354 e. The van der Waals surface area contributed by atoms with E-state index in [-0.39, 0.29) is 11.9 Å². The van der Waals surface area contributed by atoms with Crippen LogP contribution in [0.1, 0.15) is 46.0 Å². The molecular weight excluding hydrogens is 226 g/mol. The molecule has 2 unspecified atom stereocenters. The van der Waals surface area contributed by atoms with Gasteiger partial charge in [0.05, 0.1) is 6.04 Å². The Morgan fingerprint density at radius 1 is 1.39 bits per heavy atom. The van der Waals surface area contributed by atoms with Crippen molar-refractivity contribution in [3.05, 3.63) is 0 Å². The van der Waals surface area contributed by atoms with Crippen molar-refractivity contribution in [3.63, 3.8) is 0 Å². The van der Waals surface area contributed by atoms with E-state index in [0.29, 0.717) is 5.92 Å². The summed E-state index contributed by atoms with van der Waals surface area (Å²) in [4.78, 5) is 14.2. The van der Waals surface area contributed by atoms with Gasteiger partial charge in [0.25, 0.3) is 0 Å². The van der Waals surface area contributed by atoms with Gasteiger partial charge in [-0.3, -0.25) is 4.79 Å². The third-order valence-corrected chi connectivity index (χ3v) is 3.60. The lowest BCUT2D eigenvalue weighted by Gasteiger charge is -2.21. The van der Waals surface area contributed by atoms with Crippen molar-refractivity contribution in [2.75, 3.05) is 26.2 Å². The zero-order valence-corrected chi connectivity index (χ0v) is 12.0. The maximum atomic E-state index is 11.7. The fourth-order valence-corrected chi connectivity index (χ4v) is 2.43. The van der Waals surface area contributed by atoms with E-state index in [9.17, 15) is 4.79 Å². The van der Waals surface area contributed by atoms with E-state index >= 15 is 0 Å². The molecular formula is C14H29N3O. The molecule has 1 heterocycles. The van der Waals surface area contributed by atoms with Crippen LogP contribution in [0.25, 0.3) is 0 Å². The van der Waals surface area contributed by atoms with Crippen LogP contribution < -0.4 is 11.1 Å². The Kier molecular flexibility index (Phi) is 7.28. The van der Waals surface area contributed by atoms with Crippen LogP contribution in [0.4, 0.5) is 0 Å². The zero-order chi connectivity index (χ0) is 13.4. The summed E-state index contributed by atoms with van der Waals surface area (Å²) in [5.41, 5.74) is 5.83. The summed E-state index contributed by atoms with van der Waals surface area (Å²) in [6, 6.07) is -0.330. The number of nitrogens with one attached hydrogen (secondary N) is 1. The number of nitrogens with zero attached hydrogens (tertiary/aromatic N) is 1. The van der Waals surface area contributed by atoms with Crippen molar-refractivity contribution in [2.24, 2.45) is 11.7 Å². The summed E-state index contributed by atoms with van der Waals surface area (Å²) in [6.07, 6.45) is 5.55. The van der Waals surface area contributed by atoms with Crippen molar-refractivity contribution in [1.82, 2.24) is 10.2 Å². The number of hydrogen-bond donors (Lipinski definition) is 2. The van der Waals surface area contributed by atoms with Crippen molar-refractivity contribution in [1.29, 1.82) is 0 Å². The Labute approximate surface area is 111 Å². The Morgan fingerprint density at radius 2 is 2.06 bits per heavy atom. The molecule has 4 nitrogen and oxygen atoms in total. The van der Waals surface area contributed by atoms with Crippen molar-refractivity contribution < 1.29 is 4.79 Å². The van der Waals surface area contributed by atoms with Crippen LogP contribution in [0.15, 0.2) is 0 Å². The van der Waals surface area contributed by atoms with Crippen LogP contribution in [-0.4, -0.2) is 43.0 Å². The lowest BCUT2D eigenvalue weighted by molar-refractivity contribution is -0.122. The molecule has 0 bridgehead atoms. The van der Waals surface area contributed by atoms with Crippen LogP contribution in [0.2, 0.25) is 0 Å². The molecule has 0 aromatic carbocycles. The molecule has 1 aliphatic rings. The molecule has 106 valence electrons. The van der Waals surface area contributed by atoms with Gasteiger partial charge < -0.3 is 16.0 Å². The first-order valence-electron chi connectivity index (χ1n) is 7.39. The van der Waals surface area contributed by atoms with Crippen LogP contribution >= 0.6 is 0 Å². The number of likely N-dealkylation sites (tertiary alicyclic amines) is 1. The Balaban J connectivity index is 2.12. The summed E-state index contributed by atoms with van der Waals surface area (Å²) >= 11 is 0.